The van der Waals surface area contributed by atoms with E-state index in [1.54, 1.807) is 0 Å². The van der Waals surface area contributed by atoms with Gasteiger partial charge < -0.3 is 5.73 Å². The Hall–Kier alpha value is -2.28. The Morgan fingerprint density at radius 2 is 1.38 bits per heavy atom. The van der Waals surface area contributed by atoms with Crippen molar-refractivity contribution in [2.45, 2.75) is 79.1 Å². The van der Waals surface area contributed by atoms with Gasteiger partial charge in [-0.25, -0.2) is 0 Å². The molecule has 0 fully saturated rings. The first-order valence-electron chi connectivity index (χ1n) is 11.2. The van der Waals surface area contributed by atoms with E-state index in [0.717, 1.165) is 12.8 Å². The van der Waals surface area contributed by atoms with E-state index in [-0.39, 0.29) is 0 Å². The average Bonchev–Trinajstić information content (AvgIpc) is 2.78. The van der Waals surface area contributed by atoms with Crippen LogP contribution in [0.5, 0.6) is 0 Å². The van der Waals surface area contributed by atoms with Crippen LogP contribution >= 0.6 is 0 Å². The Balaban J connectivity index is 0. The van der Waals surface area contributed by atoms with Crippen molar-refractivity contribution in [2.75, 3.05) is 0 Å². The molecule has 0 saturated carbocycles. The maximum Gasteiger partial charge on any atom is 0.00428 e. The summed E-state index contributed by atoms with van der Waals surface area (Å²) < 4.78 is 0. The summed E-state index contributed by atoms with van der Waals surface area (Å²) in [5.74, 6) is 0.554. The zero-order chi connectivity index (χ0) is 22.3. The summed E-state index contributed by atoms with van der Waals surface area (Å²) in [6, 6.07) is 21.2. The van der Waals surface area contributed by atoms with Crippen molar-refractivity contribution in [3.05, 3.63) is 96.7 Å². The van der Waals surface area contributed by atoms with Crippen LogP contribution in [0.25, 0.3) is 0 Å². The maximum absolute atomic E-state index is 4.61. The molecule has 0 bridgehead atoms. The third-order valence-corrected chi connectivity index (χ3v) is 4.46. The average molecular weight is 396 g/mol. The fraction of sp³-hybridized carbons (Fsp3) is 0.429. The predicted octanol–water partition coefficient (Wildman–Crippen LogP) is 8.68. The van der Waals surface area contributed by atoms with Gasteiger partial charge in [-0.2, -0.15) is 0 Å². The topological polar surface area (TPSA) is 26.0 Å². The van der Waals surface area contributed by atoms with Crippen LogP contribution in [0.3, 0.4) is 0 Å². The standard InChI is InChI=1S/C16H24.C8H10.C2H5N.C2H6/c1-4-6-8-11-14(3)16(5-2)15-12-9-7-10-13-15;1-2-8-6-4-3-5-7-8;1-2-3;1-2/h7,9-10,12-13,16H,3-6,8,11H2,1-2H3;3-7H,2H2,1H3;2H,1,3H2;1-2H3. The number of nitrogens with two attached hydrogens (primary N) is 1. The van der Waals surface area contributed by atoms with E-state index in [9.17, 15) is 0 Å². The summed E-state index contributed by atoms with van der Waals surface area (Å²) in [5.41, 5.74) is 8.85. The lowest BCUT2D eigenvalue weighted by Crippen LogP contribution is -2.00. The number of aryl methyl sites for hydroxylation is 1. The Morgan fingerprint density at radius 3 is 1.76 bits per heavy atom. The molecule has 0 aliphatic heterocycles. The highest BCUT2D eigenvalue weighted by Crippen LogP contribution is 2.29. The molecule has 1 unspecified atom stereocenters. The SMILES string of the molecule is C=C(CCCCC)C(CC)c1ccccc1.C=CN.CC.CCc1ccccc1. The van der Waals surface area contributed by atoms with Crippen LogP contribution in [-0.4, -0.2) is 0 Å². The van der Waals surface area contributed by atoms with Gasteiger partial charge in [-0.1, -0.05) is 127 Å². The second-order valence-electron chi connectivity index (χ2n) is 6.56. The van der Waals surface area contributed by atoms with Gasteiger partial charge >= 0.3 is 0 Å². The first-order chi connectivity index (χ1) is 14.1. The molecular formula is C28H45N. The molecule has 2 rings (SSSR count). The molecule has 1 nitrogen and oxygen atoms in total. The van der Waals surface area contributed by atoms with Gasteiger partial charge in [-0.3, -0.25) is 0 Å². The van der Waals surface area contributed by atoms with Gasteiger partial charge in [0, 0.05) is 5.92 Å². The van der Waals surface area contributed by atoms with Gasteiger partial charge in [-0.15, -0.1) is 0 Å². The van der Waals surface area contributed by atoms with Gasteiger partial charge in [0.1, 0.15) is 0 Å². The molecule has 1 atom stereocenters. The minimum absolute atomic E-state index is 0.554. The maximum atomic E-state index is 4.61. The molecule has 0 amide bonds. The van der Waals surface area contributed by atoms with Crippen LogP contribution < -0.4 is 5.73 Å². The van der Waals surface area contributed by atoms with E-state index < -0.39 is 0 Å². The number of rotatable bonds is 8. The van der Waals surface area contributed by atoms with Crippen LogP contribution in [-0.2, 0) is 6.42 Å². The molecule has 2 N–H and O–H groups in total. The molecule has 0 radical (unpaired) electrons. The highest BCUT2D eigenvalue weighted by atomic mass is 14.5. The summed E-state index contributed by atoms with van der Waals surface area (Å²) >= 11 is 0. The lowest BCUT2D eigenvalue weighted by atomic mass is 9.87. The van der Waals surface area contributed by atoms with Crippen molar-refractivity contribution in [2.24, 2.45) is 5.73 Å². The minimum atomic E-state index is 0.554. The van der Waals surface area contributed by atoms with Gasteiger partial charge in [0.15, 0.2) is 0 Å². The molecule has 2 aromatic carbocycles. The van der Waals surface area contributed by atoms with Gasteiger partial charge in [-0.05, 0) is 43.0 Å². The number of unbranched alkanes of at least 4 members (excludes halogenated alkanes) is 2. The number of hydrogen-bond donors (Lipinski definition) is 1. The number of benzene rings is 2. The van der Waals surface area contributed by atoms with Crippen LogP contribution in [0.4, 0.5) is 0 Å². The summed E-state index contributed by atoms with van der Waals surface area (Å²) in [5, 5.41) is 0. The normalized spacial score (nSPS) is 9.97. The second kappa shape index (κ2) is 22.0. The third kappa shape index (κ3) is 15.3. The fourth-order valence-electron chi connectivity index (χ4n) is 2.94. The van der Waals surface area contributed by atoms with Gasteiger partial charge in [0.25, 0.3) is 0 Å². The number of hydrogen-bond acceptors (Lipinski definition) is 1. The van der Waals surface area contributed by atoms with Crippen molar-refractivity contribution >= 4 is 0 Å². The molecule has 0 heterocycles. The van der Waals surface area contributed by atoms with E-state index in [2.05, 4.69) is 94.3 Å². The highest BCUT2D eigenvalue weighted by Gasteiger charge is 2.11. The Kier molecular flexibility index (Phi) is 22.0. The third-order valence-electron chi connectivity index (χ3n) is 4.46. The Bertz CT molecular complexity index is 586. The quantitative estimate of drug-likeness (QED) is 0.351. The first kappa shape index (κ1) is 28.9. The molecule has 1 heteroatoms. The molecular weight excluding hydrogens is 350 g/mol. The van der Waals surface area contributed by atoms with E-state index in [1.165, 1.54) is 48.6 Å². The van der Waals surface area contributed by atoms with E-state index >= 15 is 0 Å². The lowest BCUT2D eigenvalue weighted by Gasteiger charge is -2.18. The van der Waals surface area contributed by atoms with Crippen molar-refractivity contribution in [1.29, 1.82) is 0 Å². The minimum Gasteiger partial charge on any atom is -0.405 e. The highest BCUT2D eigenvalue weighted by molar-refractivity contribution is 5.27. The fourth-order valence-corrected chi connectivity index (χ4v) is 2.94. The van der Waals surface area contributed by atoms with Crippen LogP contribution in [0.15, 0.2) is 85.6 Å². The van der Waals surface area contributed by atoms with Crippen molar-refractivity contribution in [3.8, 4) is 0 Å². The molecule has 0 aliphatic rings. The van der Waals surface area contributed by atoms with Gasteiger partial charge in [0.05, 0.1) is 0 Å². The van der Waals surface area contributed by atoms with Crippen molar-refractivity contribution in [3.63, 3.8) is 0 Å². The Labute approximate surface area is 181 Å². The lowest BCUT2D eigenvalue weighted by molar-refractivity contribution is 0.656. The monoisotopic (exact) mass is 395 g/mol. The Morgan fingerprint density at radius 1 is 0.897 bits per heavy atom. The summed E-state index contributed by atoms with van der Waals surface area (Å²) in [6.45, 7) is 18.1. The van der Waals surface area contributed by atoms with Crippen LogP contribution in [0, 0.1) is 0 Å². The second-order valence-corrected chi connectivity index (χ2v) is 6.56. The largest absolute Gasteiger partial charge is 0.405 e. The first-order valence-corrected chi connectivity index (χ1v) is 11.2. The molecule has 29 heavy (non-hydrogen) atoms. The van der Waals surface area contributed by atoms with Crippen molar-refractivity contribution in [1.82, 2.24) is 0 Å². The number of allylic oxidation sites excluding steroid dienone is 1. The summed E-state index contributed by atoms with van der Waals surface area (Å²) in [7, 11) is 0. The van der Waals surface area contributed by atoms with Crippen LogP contribution in [0.1, 0.15) is 83.8 Å². The van der Waals surface area contributed by atoms with E-state index in [4.69, 9.17) is 0 Å². The van der Waals surface area contributed by atoms with E-state index in [0.29, 0.717) is 5.92 Å². The summed E-state index contributed by atoms with van der Waals surface area (Å²) in [6.07, 6.45) is 8.63. The van der Waals surface area contributed by atoms with Gasteiger partial charge in [0.2, 0.25) is 0 Å². The molecule has 2 aromatic rings. The van der Waals surface area contributed by atoms with Crippen LogP contribution in [0.2, 0.25) is 0 Å². The zero-order valence-electron chi connectivity index (χ0n) is 19.7. The predicted molar refractivity (Wildman–Crippen MR) is 134 cm³/mol. The smallest absolute Gasteiger partial charge is 0.00428 e. The van der Waals surface area contributed by atoms with Crippen molar-refractivity contribution < 1.29 is 0 Å². The molecule has 0 spiro atoms. The zero-order valence-corrected chi connectivity index (χ0v) is 19.7. The summed E-state index contributed by atoms with van der Waals surface area (Å²) in [4.78, 5) is 0. The molecule has 0 aromatic heterocycles. The molecule has 162 valence electrons. The molecule has 0 aliphatic carbocycles. The molecule has 0 saturated heterocycles. The van der Waals surface area contributed by atoms with E-state index in [1.807, 2.05) is 19.9 Å².